The zero-order valence-electron chi connectivity index (χ0n) is 5.84. The van der Waals surface area contributed by atoms with Crippen molar-refractivity contribution in [2.45, 2.75) is 6.61 Å². The summed E-state index contributed by atoms with van der Waals surface area (Å²) in [5.41, 5.74) is 0.945. The van der Waals surface area contributed by atoms with Crippen molar-refractivity contribution in [3.05, 3.63) is 28.8 Å². The predicted octanol–water partition coefficient (Wildman–Crippen LogP) is 2.21. The van der Waals surface area contributed by atoms with Crippen LogP contribution in [0.5, 0.6) is 5.75 Å². The molecule has 1 heterocycles. The molecule has 58 valence electrons. The largest absolute Gasteiger partial charge is 0.467 e. The Morgan fingerprint density at radius 1 is 1.36 bits per heavy atom. The monoisotopic (exact) mass is 170 g/mol. The van der Waals surface area contributed by atoms with Crippen LogP contribution >= 0.6 is 11.6 Å². The second-order valence-electron chi connectivity index (χ2n) is 2.33. The smallest absolute Gasteiger partial charge is 0.189 e. The summed E-state index contributed by atoms with van der Waals surface area (Å²) >= 11 is 5.88. The number of ether oxygens (including phenoxy) is 2. The van der Waals surface area contributed by atoms with Crippen LogP contribution in [0.4, 0.5) is 0 Å². The summed E-state index contributed by atoms with van der Waals surface area (Å²) in [5, 5.41) is 0.710. The lowest BCUT2D eigenvalue weighted by Gasteiger charge is -2.17. The maximum Gasteiger partial charge on any atom is 0.189 e. The van der Waals surface area contributed by atoms with Gasteiger partial charge in [0, 0.05) is 10.6 Å². The maximum absolute atomic E-state index is 5.88. The summed E-state index contributed by atoms with van der Waals surface area (Å²) in [6, 6.07) is 5.59. The summed E-state index contributed by atoms with van der Waals surface area (Å²) in [5.74, 6) is 0.837. The topological polar surface area (TPSA) is 18.5 Å². The first kappa shape index (κ1) is 6.95. The quantitative estimate of drug-likeness (QED) is 0.595. The predicted molar refractivity (Wildman–Crippen MR) is 41.7 cm³/mol. The van der Waals surface area contributed by atoms with E-state index in [0.29, 0.717) is 18.4 Å². The van der Waals surface area contributed by atoms with Crippen LogP contribution in [-0.2, 0) is 11.3 Å². The fourth-order valence-electron chi connectivity index (χ4n) is 1.06. The molecule has 2 nitrogen and oxygen atoms in total. The van der Waals surface area contributed by atoms with E-state index in [0.717, 1.165) is 11.3 Å². The van der Waals surface area contributed by atoms with E-state index in [1.807, 2.05) is 18.2 Å². The Hall–Kier alpha value is -0.730. The molecule has 0 amide bonds. The number of fused-ring (bicyclic) bond motifs is 1. The molecule has 0 saturated carbocycles. The Balaban J connectivity index is 2.49. The summed E-state index contributed by atoms with van der Waals surface area (Å²) in [6.07, 6.45) is 0. The van der Waals surface area contributed by atoms with Gasteiger partial charge in [-0.1, -0.05) is 17.7 Å². The van der Waals surface area contributed by atoms with Gasteiger partial charge in [-0.2, -0.15) is 0 Å². The number of benzene rings is 1. The first-order valence-corrected chi connectivity index (χ1v) is 3.73. The van der Waals surface area contributed by atoms with Crippen LogP contribution in [-0.4, -0.2) is 6.79 Å². The van der Waals surface area contributed by atoms with E-state index in [4.69, 9.17) is 21.1 Å². The van der Waals surface area contributed by atoms with Crippen LogP contribution in [0.1, 0.15) is 5.56 Å². The van der Waals surface area contributed by atoms with Gasteiger partial charge in [-0.05, 0) is 12.1 Å². The summed E-state index contributed by atoms with van der Waals surface area (Å²) in [7, 11) is 0. The lowest BCUT2D eigenvalue weighted by atomic mass is 10.2. The van der Waals surface area contributed by atoms with E-state index in [1.54, 1.807) is 0 Å². The SMILES string of the molecule is Clc1cccc2c1COCO2. The molecular weight excluding hydrogens is 164 g/mol. The molecule has 0 radical (unpaired) electrons. The molecule has 0 atom stereocenters. The second-order valence-corrected chi connectivity index (χ2v) is 2.73. The van der Waals surface area contributed by atoms with Crippen LogP contribution in [0.25, 0.3) is 0 Å². The van der Waals surface area contributed by atoms with Crippen LogP contribution < -0.4 is 4.74 Å². The van der Waals surface area contributed by atoms with Crippen LogP contribution in [0, 0.1) is 0 Å². The van der Waals surface area contributed by atoms with Gasteiger partial charge < -0.3 is 9.47 Å². The van der Waals surface area contributed by atoms with Gasteiger partial charge in [0.05, 0.1) is 6.61 Å². The highest BCUT2D eigenvalue weighted by Gasteiger charge is 2.12. The fraction of sp³-hybridized carbons (Fsp3) is 0.250. The van der Waals surface area contributed by atoms with Crippen molar-refractivity contribution in [3.8, 4) is 5.75 Å². The van der Waals surface area contributed by atoms with E-state index in [9.17, 15) is 0 Å². The van der Waals surface area contributed by atoms with Gasteiger partial charge in [-0.15, -0.1) is 0 Å². The first-order chi connectivity index (χ1) is 5.38. The van der Waals surface area contributed by atoms with Crippen molar-refractivity contribution in [1.82, 2.24) is 0 Å². The van der Waals surface area contributed by atoms with E-state index < -0.39 is 0 Å². The molecule has 0 N–H and O–H groups in total. The van der Waals surface area contributed by atoms with Crippen molar-refractivity contribution < 1.29 is 9.47 Å². The van der Waals surface area contributed by atoms with Gasteiger partial charge in [0.2, 0.25) is 0 Å². The second kappa shape index (κ2) is 2.72. The van der Waals surface area contributed by atoms with Crippen LogP contribution in [0.15, 0.2) is 18.2 Å². The standard InChI is InChI=1S/C8H7ClO2/c9-7-2-1-3-8-6(7)4-10-5-11-8/h1-3H,4-5H2. The zero-order valence-corrected chi connectivity index (χ0v) is 6.60. The Morgan fingerprint density at radius 3 is 3.09 bits per heavy atom. The van der Waals surface area contributed by atoms with Crippen molar-refractivity contribution >= 4 is 11.6 Å². The molecule has 0 fully saturated rings. The molecule has 0 bridgehead atoms. The van der Waals surface area contributed by atoms with Gasteiger partial charge >= 0.3 is 0 Å². The molecule has 0 spiro atoms. The Kier molecular flexibility index (Phi) is 1.72. The number of halogens is 1. The minimum Gasteiger partial charge on any atom is -0.467 e. The normalized spacial score (nSPS) is 15.4. The van der Waals surface area contributed by atoms with Crippen molar-refractivity contribution in [3.63, 3.8) is 0 Å². The summed E-state index contributed by atoms with van der Waals surface area (Å²) < 4.78 is 10.3. The minimum absolute atomic E-state index is 0.327. The van der Waals surface area contributed by atoms with Gasteiger partial charge in [-0.3, -0.25) is 0 Å². The van der Waals surface area contributed by atoms with Crippen molar-refractivity contribution in [2.24, 2.45) is 0 Å². The number of hydrogen-bond donors (Lipinski definition) is 0. The molecule has 1 aromatic carbocycles. The average molecular weight is 171 g/mol. The molecule has 11 heavy (non-hydrogen) atoms. The molecule has 0 saturated heterocycles. The minimum atomic E-state index is 0.327. The van der Waals surface area contributed by atoms with Gasteiger partial charge in [0.1, 0.15) is 5.75 Å². The van der Waals surface area contributed by atoms with E-state index in [-0.39, 0.29) is 0 Å². The van der Waals surface area contributed by atoms with E-state index >= 15 is 0 Å². The van der Waals surface area contributed by atoms with Crippen LogP contribution in [0.3, 0.4) is 0 Å². The third-order valence-corrected chi connectivity index (χ3v) is 1.97. The molecule has 3 heteroatoms. The Labute approximate surface area is 69.7 Å². The van der Waals surface area contributed by atoms with Crippen LogP contribution in [0.2, 0.25) is 5.02 Å². The zero-order chi connectivity index (χ0) is 7.68. The number of rotatable bonds is 0. The molecule has 0 aliphatic carbocycles. The molecule has 1 aliphatic heterocycles. The third kappa shape index (κ3) is 1.19. The highest BCUT2D eigenvalue weighted by atomic mass is 35.5. The third-order valence-electron chi connectivity index (χ3n) is 1.62. The molecule has 1 aliphatic rings. The lowest BCUT2D eigenvalue weighted by molar-refractivity contribution is -0.0163. The van der Waals surface area contributed by atoms with Crippen molar-refractivity contribution in [1.29, 1.82) is 0 Å². The average Bonchev–Trinajstić information content (AvgIpc) is 2.06. The highest BCUT2D eigenvalue weighted by molar-refractivity contribution is 6.31. The number of hydrogen-bond acceptors (Lipinski definition) is 2. The molecule has 2 rings (SSSR count). The van der Waals surface area contributed by atoms with E-state index in [2.05, 4.69) is 0 Å². The molecule has 0 unspecified atom stereocenters. The van der Waals surface area contributed by atoms with E-state index in [1.165, 1.54) is 0 Å². The van der Waals surface area contributed by atoms with Gasteiger partial charge in [0.15, 0.2) is 6.79 Å². The van der Waals surface area contributed by atoms with Crippen molar-refractivity contribution in [2.75, 3.05) is 6.79 Å². The lowest BCUT2D eigenvalue weighted by Crippen LogP contribution is -2.11. The first-order valence-electron chi connectivity index (χ1n) is 3.36. The Morgan fingerprint density at radius 2 is 2.27 bits per heavy atom. The van der Waals surface area contributed by atoms with Gasteiger partial charge in [0.25, 0.3) is 0 Å². The molecule has 1 aromatic rings. The Bertz CT molecular complexity index is 273. The highest BCUT2D eigenvalue weighted by Crippen LogP contribution is 2.29. The fourth-order valence-corrected chi connectivity index (χ4v) is 1.28. The summed E-state index contributed by atoms with van der Waals surface area (Å²) in [4.78, 5) is 0. The summed E-state index contributed by atoms with van der Waals surface area (Å²) in [6.45, 7) is 0.877. The molecular formula is C8H7ClO2. The molecule has 0 aromatic heterocycles. The van der Waals surface area contributed by atoms with Gasteiger partial charge in [-0.25, -0.2) is 0 Å². The maximum atomic E-state index is 5.88.